The third kappa shape index (κ3) is 3.00. The minimum atomic E-state index is -1.22. The average molecular weight is 370 g/mol. The van der Waals surface area contributed by atoms with Crippen molar-refractivity contribution in [1.29, 1.82) is 0 Å². The van der Waals surface area contributed by atoms with Gasteiger partial charge in [-0.15, -0.1) is 0 Å². The van der Waals surface area contributed by atoms with Crippen LogP contribution in [0.1, 0.15) is 31.6 Å². The van der Waals surface area contributed by atoms with Crippen LogP contribution in [-0.4, -0.2) is 59.8 Å². The van der Waals surface area contributed by atoms with E-state index < -0.39 is 31.1 Å². The molecule has 0 aliphatic carbocycles. The van der Waals surface area contributed by atoms with Gasteiger partial charge in [-0.2, -0.15) is 0 Å². The van der Waals surface area contributed by atoms with Gasteiger partial charge in [-0.1, -0.05) is 32.0 Å². The van der Waals surface area contributed by atoms with E-state index >= 15 is 0 Å². The van der Waals surface area contributed by atoms with Gasteiger partial charge < -0.3 is 20.1 Å². The summed E-state index contributed by atoms with van der Waals surface area (Å²) in [6.07, 6.45) is -1.23. The SMILES string of the molecule is CC(C)c1cccc(-c2nc3cncnc3n2[C@@H]2O[C@H](CO)[C@@H](O)[C@H]2O)c1. The molecule has 8 heteroatoms. The van der Waals surface area contributed by atoms with Crippen LogP contribution in [0, 0.1) is 0 Å². The van der Waals surface area contributed by atoms with E-state index in [0.29, 0.717) is 22.9 Å². The highest BCUT2D eigenvalue weighted by Crippen LogP contribution is 2.36. The molecule has 1 saturated heterocycles. The monoisotopic (exact) mass is 370 g/mol. The molecule has 1 aromatic carbocycles. The molecule has 3 N–H and O–H groups in total. The van der Waals surface area contributed by atoms with Crippen molar-refractivity contribution >= 4 is 11.2 Å². The molecule has 0 radical (unpaired) electrons. The standard InChI is InChI=1S/C19H22N4O4/c1-10(2)11-4-3-5-12(6-11)17-22-13-7-20-9-21-18(13)23(17)19-16(26)15(25)14(8-24)27-19/h3-7,9-10,14-16,19,24-26H,8H2,1-2H3/t14-,15-,16-,19-/m1/s1. The fraction of sp³-hybridized carbons (Fsp3) is 0.421. The van der Waals surface area contributed by atoms with E-state index in [1.165, 1.54) is 6.33 Å². The van der Waals surface area contributed by atoms with Gasteiger partial charge in [-0.05, 0) is 17.5 Å². The van der Waals surface area contributed by atoms with E-state index in [1.807, 2.05) is 24.3 Å². The van der Waals surface area contributed by atoms with Gasteiger partial charge in [-0.25, -0.2) is 15.0 Å². The fourth-order valence-corrected chi connectivity index (χ4v) is 3.42. The number of rotatable bonds is 4. The number of fused-ring (bicyclic) bond motifs is 1. The lowest BCUT2D eigenvalue weighted by atomic mass is 10.0. The van der Waals surface area contributed by atoms with Crippen LogP contribution < -0.4 is 0 Å². The number of hydrogen-bond donors (Lipinski definition) is 3. The number of benzene rings is 1. The highest BCUT2D eigenvalue weighted by atomic mass is 16.6. The summed E-state index contributed by atoms with van der Waals surface area (Å²) < 4.78 is 7.41. The van der Waals surface area contributed by atoms with Crippen LogP contribution in [0.2, 0.25) is 0 Å². The molecule has 0 spiro atoms. The highest BCUT2D eigenvalue weighted by molar-refractivity contribution is 5.76. The first-order valence-electron chi connectivity index (χ1n) is 8.92. The van der Waals surface area contributed by atoms with Gasteiger partial charge in [0.1, 0.15) is 36.0 Å². The maximum absolute atomic E-state index is 10.5. The molecule has 0 unspecified atom stereocenters. The van der Waals surface area contributed by atoms with Gasteiger partial charge in [0.2, 0.25) is 0 Å². The van der Waals surface area contributed by atoms with Crippen LogP contribution in [0.3, 0.4) is 0 Å². The molecule has 4 rings (SSSR count). The van der Waals surface area contributed by atoms with E-state index in [-0.39, 0.29) is 0 Å². The zero-order valence-electron chi connectivity index (χ0n) is 15.1. The highest BCUT2D eigenvalue weighted by Gasteiger charge is 2.44. The Morgan fingerprint density at radius 3 is 2.74 bits per heavy atom. The van der Waals surface area contributed by atoms with Crippen LogP contribution in [0.5, 0.6) is 0 Å². The van der Waals surface area contributed by atoms with Gasteiger partial charge in [-0.3, -0.25) is 4.57 Å². The smallest absolute Gasteiger partial charge is 0.166 e. The van der Waals surface area contributed by atoms with E-state index in [1.54, 1.807) is 10.8 Å². The predicted octanol–water partition coefficient (Wildman–Crippen LogP) is 1.23. The number of hydrogen-bond acceptors (Lipinski definition) is 7. The molecule has 3 aromatic rings. The lowest BCUT2D eigenvalue weighted by molar-refractivity contribution is -0.0503. The van der Waals surface area contributed by atoms with Crippen molar-refractivity contribution in [2.24, 2.45) is 0 Å². The van der Waals surface area contributed by atoms with E-state index in [2.05, 4.69) is 28.8 Å². The third-order valence-electron chi connectivity index (χ3n) is 4.94. The zero-order valence-corrected chi connectivity index (χ0v) is 15.1. The van der Waals surface area contributed by atoms with Crippen molar-refractivity contribution in [1.82, 2.24) is 19.5 Å². The Morgan fingerprint density at radius 1 is 1.22 bits per heavy atom. The van der Waals surface area contributed by atoms with Gasteiger partial charge >= 0.3 is 0 Å². The van der Waals surface area contributed by atoms with Crippen LogP contribution in [0.15, 0.2) is 36.8 Å². The lowest BCUT2D eigenvalue weighted by Crippen LogP contribution is -2.33. The molecule has 0 saturated carbocycles. The van der Waals surface area contributed by atoms with Crippen molar-refractivity contribution in [3.8, 4) is 11.4 Å². The zero-order chi connectivity index (χ0) is 19.1. The molecule has 1 aliphatic rings. The summed E-state index contributed by atoms with van der Waals surface area (Å²) in [7, 11) is 0. The topological polar surface area (TPSA) is 114 Å². The van der Waals surface area contributed by atoms with E-state index in [9.17, 15) is 15.3 Å². The molecule has 27 heavy (non-hydrogen) atoms. The number of aliphatic hydroxyl groups excluding tert-OH is 3. The van der Waals surface area contributed by atoms with Crippen molar-refractivity contribution in [3.05, 3.63) is 42.4 Å². The Balaban J connectivity index is 1.90. The van der Waals surface area contributed by atoms with Crippen LogP contribution in [-0.2, 0) is 4.74 Å². The molecule has 0 bridgehead atoms. The number of ether oxygens (including phenoxy) is 1. The summed E-state index contributed by atoms with van der Waals surface area (Å²) in [4.78, 5) is 13.0. The lowest BCUT2D eigenvalue weighted by Gasteiger charge is -2.19. The molecule has 142 valence electrons. The summed E-state index contributed by atoms with van der Waals surface area (Å²) in [5, 5.41) is 30.1. The van der Waals surface area contributed by atoms with Crippen molar-refractivity contribution < 1.29 is 20.1 Å². The molecule has 2 aromatic heterocycles. The number of aliphatic hydroxyl groups is 3. The summed E-state index contributed by atoms with van der Waals surface area (Å²) in [6, 6.07) is 7.97. The molecule has 1 aliphatic heterocycles. The largest absolute Gasteiger partial charge is 0.394 e. The summed E-state index contributed by atoms with van der Waals surface area (Å²) >= 11 is 0. The molecular formula is C19H22N4O4. The minimum absolute atomic E-state index is 0.344. The third-order valence-corrected chi connectivity index (χ3v) is 4.94. The molecule has 4 atom stereocenters. The van der Waals surface area contributed by atoms with Crippen LogP contribution >= 0.6 is 0 Å². The summed E-state index contributed by atoms with van der Waals surface area (Å²) in [5.41, 5.74) is 3.04. The van der Waals surface area contributed by atoms with Crippen molar-refractivity contribution in [3.63, 3.8) is 0 Å². The fourth-order valence-electron chi connectivity index (χ4n) is 3.42. The average Bonchev–Trinajstić information content (AvgIpc) is 3.20. The van der Waals surface area contributed by atoms with Gasteiger partial charge in [0.25, 0.3) is 0 Å². The Morgan fingerprint density at radius 2 is 2.04 bits per heavy atom. The second kappa shape index (κ2) is 6.97. The molecule has 0 amide bonds. The van der Waals surface area contributed by atoms with Gasteiger partial charge in [0.05, 0.1) is 12.8 Å². The number of imidazole rings is 1. The Bertz CT molecular complexity index is 958. The second-order valence-electron chi connectivity index (χ2n) is 7.05. The Labute approximate surface area is 156 Å². The first-order chi connectivity index (χ1) is 13.0. The predicted molar refractivity (Wildman–Crippen MR) is 97.9 cm³/mol. The molecule has 1 fully saturated rings. The number of aromatic nitrogens is 4. The first kappa shape index (κ1) is 18.0. The Hall–Kier alpha value is -2.39. The van der Waals surface area contributed by atoms with Crippen LogP contribution in [0.25, 0.3) is 22.6 Å². The summed E-state index contributed by atoms with van der Waals surface area (Å²) in [6.45, 7) is 3.83. The van der Waals surface area contributed by atoms with Gasteiger partial charge in [0.15, 0.2) is 11.9 Å². The molecular weight excluding hydrogens is 348 g/mol. The maximum Gasteiger partial charge on any atom is 0.166 e. The van der Waals surface area contributed by atoms with E-state index in [0.717, 1.165) is 11.1 Å². The molecule has 8 nitrogen and oxygen atoms in total. The van der Waals surface area contributed by atoms with Crippen molar-refractivity contribution in [2.75, 3.05) is 6.61 Å². The maximum atomic E-state index is 10.5. The second-order valence-corrected chi connectivity index (χ2v) is 7.05. The normalized spacial score (nSPS) is 25.6. The quantitative estimate of drug-likeness (QED) is 0.633. The minimum Gasteiger partial charge on any atom is -0.394 e. The molecule has 3 heterocycles. The van der Waals surface area contributed by atoms with E-state index in [4.69, 9.17) is 4.74 Å². The van der Waals surface area contributed by atoms with Crippen molar-refractivity contribution in [2.45, 2.75) is 44.3 Å². The van der Waals surface area contributed by atoms with Crippen LogP contribution in [0.4, 0.5) is 0 Å². The first-order valence-corrected chi connectivity index (χ1v) is 8.92. The Kier molecular flexibility index (Phi) is 4.65. The number of nitrogens with zero attached hydrogens (tertiary/aromatic N) is 4. The summed E-state index contributed by atoms with van der Waals surface area (Å²) in [5.74, 6) is 0.902. The van der Waals surface area contributed by atoms with Gasteiger partial charge in [0, 0.05) is 5.56 Å².